The smallest absolute Gasteiger partial charge is 0.222 e. The normalized spacial score (nSPS) is 14.5. The molecule has 1 atom stereocenters. The first-order chi connectivity index (χ1) is 6.69. The summed E-state index contributed by atoms with van der Waals surface area (Å²) in [6.45, 7) is 6.13. The van der Waals surface area contributed by atoms with Gasteiger partial charge in [0.1, 0.15) is 5.25 Å². The molecular weight excluding hydrogens is 232 g/mol. The van der Waals surface area contributed by atoms with E-state index < -0.39 is 15.3 Å². The molecule has 2 N–H and O–H groups in total. The average Bonchev–Trinajstić information content (AvgIpc) is 2.12. The van der Waals surface area contributed by atoms with E-state index in [0.717, 1.165) is 6.42 Å². The minimum absolute atomic E-state index is 0.0198. The summed E-state index contributed by atoms with van der Waals surface area (Å²) in [4.78, 5) is 0.0198. The van der Waals surface area contributed by atoms with Gasteiger partial charge in [0.15, 0.2) is 0 Å². The Morgan fingerprint density at radius 2 is 1.87 bits per heavy atom. The van der Waals surface area contributed by atoms with Crippen LogP contribution in [-0.4, -0.2) is 36.6 Å². The summed E-state index contributed by atoms with van der Waals surface area (Å²) in [5, 5.41) is -0.787. The van der Waals surface area contributed by atoms with Crippen molar-refractivity contribution in [3.05, 3.63) is 0 Å². The first kappa shape index (κ1) is 14.8. The summed E-state index contributed by atoms with van der Waals surface area (Å²) in [6.07, 6.45) is 0.833. The summed E-state index contributed by atoms with van der Waals surface area (Å²) in [6, 6.07) is 0. The molecule has 0 rings (SSSR count). The van der Waals surface area contributed by atoms with Gasteiger partial charge in [0, 0.05) is 13.6 Å². The van der Waals surface area contributed by atoms with Crippen molar-refractivity contribution in [1.29, 1.82) is 0 Å². The summed E-state index contributed by atoms with van der Waals surface area (Å²) in [5.74, 6) is 0.475. The molecule has 0 heterocycles. The fourth-order valence-corrected chi connectivity index (χ4v) is 2.54. The Kier molecular flexibility index (Phi) is 5.69. The lowest BCUT2D eigenvalue weighted by molar-refractivity contribution is 0.426. The van der Waals surface area contributed by atoms with Gasteiger partial charge in [-0.15, -0.1) is 0 Å². The van der Waals surface area contributed by atoms with E-state index in [9.17, 15) is 8.42 Å². The summed E-state index contributed by atoms with van der Waals surface area (Å²) >= 11 is 4.69. The maximum atomic E-state index is 11.8. The van der Waals surface area contributed by atoms with E-state index in [2.05, 4.69) is 13.8 Å². The van der Waals surface area contributed by atoms with E-state index >= 15 is 0 Å². The maximum absolute atomic E-state index is 11.8. The highest BCUT2D eigenvalue weighted by Gasteiger charge is 2.27. The van der Waals surface area contributed by atoms with E-state index in [4.69, 9.17) is 18.0 Å². The molecule has 0 aliphatic carbocycles. The third-order valence-corrected chi connectivity index (χ3v) is 5.00. The lowest BCUT2D eigenvalue weighted by Gasteiger charge is -2.21. The fourth-order valence-electron chi connectivity index (χ4n) is 0.984. The summed E-state index contributed by atoms with van der Waals surface area (Å²) < 4.78 is 25.0. The van der Waals surface area contributed by atoms with Crippen molar-refractivity contribution in [2.75, 3.05) is 13.6 Å². The van der Waals surface area contributed by atoms with E-state index in [1.165, 1.54) is 11.2 Å². The minimum atomic E-state index is -3.37. The fraction of sp³-hybridized carbons (Fsp3) is 0.889. The van der Waals surface area contributed by atoms with Gasteiger partial charge >= 0.3 is 0 Å². The molecule has 0 radical (unpaired) electrons. The number of nitrogens with two attached hydrogens (primary N) is 1. The van der Waals surface area contributed by atoms with Crippen molar-refractivity contribution in [1.82, 2.24) is 4.31 Å². The SMILES string of the molecule is CC(C)CCN(C)S(=O)(=O)C(C)C(N)=S. The maximum Gasteiger partial charge on any atom is 0.222 e. The van der Waals surface area contributed by atoms with E-state index in [1.807, 2.05) is 0 Å². The molecule has 0 aromatic carbocycles. The standard InChI is InChI=1S/C9H20N2O2S2/c1-7(2)5-6-11(4)15(12,13)8(3)9(10)14/h7-8H,5-6H2,1-4H3,(H2,10,14). The van der Waals surface area contributed by atoms with E-state index in [0.29, 0.717) is 12.5 Å². The first-order valence-electron chi connectivity index (χ1n) is 4.94. The van der Waals surface area contributed by atoms with Crippen molar-refractivity contribution >= 4 is 27.2 Å². The first-order valence-corrected chi connectivity index (χ1v) is 6.85. The predicted molar refractivity (Wildman–Crippen MR) is 67.3 cm³/mol. The van der Waals surface area contributed by atoms with Gasteiger partial charge in [-0.05, 0) is 19.3 Å². The van der Waals surface area contributed by atoms with Crippen molar-refractivity contribution in [3.8, 4) is 0 Å². The second-order valence-electron chi connectivity index (χ2n) is 4.09. The number of nitrogens with zero attached hydrogens (tertiary/aromatic N) is 1. The van der Waals surface area contributed by atoms with E-state index in [1.54, 1.807) is 7.05 Å². The Morgan fingerprint density at radius 1 is 1.40 bits per heavy atom. The molecule has 0 aromatic rings. The number of hydrogen-bond donors (Lipinski definition) is 1. The Hall–Kier alpha value is -0.200. The molecule has 0 aromatic heterocycles. The summed E-state index contributed by atoms with van der Waals surface area (Å²) in [7, 11) is -1.80. The number of thiocarbonyl (C=S) groups is 1. The third kappa shape index (κ3) is 4.44. The lowest BCUT2D eigenvalue weighted by Crippen LogP contribution is -2.41. The second-order valence-corrected chi connectivity index (χ2v) is 6.93. The zero-order valence-electron chi connectivity index (χ0n) is 9.73. The van der Waals surface area contributed by atoms with Gasteiger partial charge in [-0.3, -0.25) is 0 Å². The Labute approximate surface area is 97.9 Å². The molecule has 6 heteroatoms. The van der Waals surface area contributed by atoms with Gasteiger partial charge in [0.05, 0.1) is 4.99 Å². The zero-order chi connectivity index (χ0) is 12.2. The van der Waals surface area contributed by atoms with Gasteiger partial charge in [0.25, 0.3) is 0 Å². The van der Waals surface area contributed by atoms with Crippen molar-refractivity contribution in [2.24, 2.45) is 11.7 Å². The van der Waals surface area contributed by atoms with Crippen LogP contribution >= 0.6 is 12.2 Å². The molecule has 90 valence electrons. The highest BCUT2D eigenvalue weighted by Crippen LogP contribution is 2.10. The Morgan fingerprint density at radius 3 is 2.20 bits per heavy atom. The van der Waals surface area contributed by atoms with Crippen molar-refractivity contribution in [2.45, 2.75) is 32.4 Å². The topological polar surface area (TPSA) is 63.4 Å². The molecule has 0 saturated heterocycles. The minimum Gasteiger partial charge on any atom is -0.392 e. The Balaban J connectivity index is 4.53. The Bertz CT molecular complexity index is 312. The van der Waals surface area contributed by atoms with Crippen LogP contribution in [-0.2, 0) is 10.0 Å². The molecule has 0 spiro atoms. The highest BCUT2D eigenvalue weighted by molar-refractivity contribution is 7.92. The lowest BCUT2D eigenvalue weighted by atomic mass is 10.1. The van der Waals surface area contributed by atoms with Crippen LogP contribution in [0.4, 0.5) is 0 Å². The predicted octanol–water partition coefficient (Wildman–Crippen LogP) is 0.969. The van der Waals surface area contributed by atoms with Crippen LogP contribution < -0.4 is 5.73 Å². The third-order valence-electron chi connectivity index (χ3n) is 2.30. The molecule has 15 heavy (non-hydrogen) atoms. The van der Waals surface area contributed by atoms with Crippen LogP contribution in [0.25, 0.3) is 0 Å². The van der Waals surface area contributed by atoms with Crippen LogP contribution in [0.1, 0.15) is 27.2 Å². The molecule has 0 amide bonds. The van der Waals surface area contributed by atoms with Crippen LogP contribution in [0.5, 0.6) is 0 Å². The number of hydrogen-bond acceptors (Lipinski definition) is 3. The van der Waals surface area contributed by atoms with Crippen LogP contribution in [0.3, 0.4) is 0 Å². The van der Waals surface area contributed by atoms with Gasteiger partial charge in [-0.1, -0.05) is 26.1 Å². The molecular formula is C9H20N2O2S2. The number of rotatable bonds is 6. The van der Waals surface area contributed by atoms with Gasteiger partial charge in [-0.2, -0.15) is 0 Å². The van der Waals surface area contributed by atoms with Crippen LogP contribution in [0.2, 0.25) is 0 Å². The molecule has 0 aliphatic heterocycles. The number of sulfonamides is 1. The van der Waals surface area contributed by atoms with Crippen molar-refractivity contribution < 1.29 is 8.42 Å². The second kappa shape index (κ2) is 5.77. The van der Waals surface area contributed by atoms with Gasteiger partial charge in [-0.25, -0.2) is 12.7 Å². The molecule has 4 nitrogen and oxygen atoms in total. The molecule has 1 unspecified atom stereocenters. The molecule has 0 fully saturated rings. The quantitative estimate of drug-likeness (QED) is 0.715. The highest BCUT2D eigenvalue weighted by atomic mass is 32.2. The largest absolute Gasteiger partial charge is 0.392 e. The van der Waals surface area contributed by atoms with Gasteiger partial charge < -0.3 is 5.73 Å². The summed E-state index contributed by atoms with van der Waals surface area (Å²) in [5.41, 5.74) is 5.34. The van der Waals surface area contributed by atoms with E-state index in [-0.39, 0.29) is 4.99 Å². The average molecular weight is 252 g/mol. The molecule has 0 aliphatic rings. The van der Waals surface area contributed by atoms with Gasteiger partial charge in [0.2, 0.25) is 10.0 Å². The monoisotopic (exact) mass is 252 g/mol. The van der Waals surface area contributed by atoms with Crippen LogP contribution in [0, 0.1) is 5.92 Å². The van der Waals surface area contributed by atoms with Crippen LogP contribution in [0.15, 0.2) is 0 Å². The zero-order valence-corrected chi connectivity index (χ0v) is 11.4. The molecule has 0 bridgehead atoms. The molecule has 0 saturated carbocycles. The van der Waals surface area contributed by atoms with Crippen molar-refractivity contribution in [3.63, 3.8) is 0 Å².